The molecule has 0 saturated carbocycles. The van der Waals surface area contributed by atoms with Crippen LogP contribution in [0.3, 0.4) is 0 Å². The maximum absolute atomic E-state index is 10.6. The van der Waals surface area contributed by atoms with Gasteiger partial charge in [0, 0.05) is 0 Å². The molecule has 0 aliphatic rings. The van der Waals surface area contributed by atoms with E-state index in [1.54, 1.807) is 0 Å². The molecule has 0 saturated heterocycles. The van der Waals surface area contributed by atoms with Gasteiger partial charge in [0.25, 0.3) is 4.66 Å². The number of fused-ring (bicyclic) bond motifs is 1. The fourth-order valence-corrected chi connectivity index (χ4v) is 0.925. The third-order valence-corrected chi connectivity index (χ3v) is 1.37. The van der Waals surface area contributed by atoms with Crippen LogP contribution in [-0.4, -0.2) is 10.2 Å². The number of aromatic amines is 2. The summed E-state index contributed by atoms with van der Waals surface area (Å²) in [7, 11) is 0. The first-order valence-electron chi connectivity index (χ1n) is 2.96. The van der Waals surface area contributed by atoms with Gasteiger partial charge in [-0.25, -0.2) is 0 Å². The minimum atomic E-state index is 0.574. The molecule has 0 radical (unpaired) electrons. The highest BCUT2D eigenvalue weighted by molar-refractivity contribution is 5.71. The van der Waals surface area contributed by atoms with Crippen LogP contribution < -0.4 is 4.66 Å². The third kappa shape index (κ3) is 0.621. The number of aromatic nitrogens is 3. The van der Waals surface area contributed by atoms with Gasteiger partial charge in [0.15, 0.2) is 0 Å². The molecule has 0 aliphatic carbocycles. The molecule has 1 aromatic heterocycles. The van der Waals surface area contributed by atoms with Crippen molar-refractivity contribution < 1.29 is 4.66 Å². The van der Waals surface area contributed by atoms with Gasteiger partial charge in [0.1, 0.15) is 11.0 Å². The summed E-state index contributed by atoms with van der Waals surface area (Å²) in [6, 6.07) is 7.40. The Hall–Kier alpha value is -1.58. The molecule has 0 atom stereocenters. The monoisotopic (exact) mass is 136 g/mol. The van der Waals surface area contributed by atoms with Gasteiger partial charge in [-0.05, 0) is 12.1 Å². The summed E-state index contributed by atoms with van der Waals surface area (Å²) in [5, 5.41) is 5.13. The highest BCUT2D eigenvalue weighted by atomic mass is 16.3. The first-order chi connectivity index (χ1) is 4.86. The van der Waals surface area contributed by atoms with Crippen molar-refractivity contribution in [2.45, 2.75) is 0 Å². The lowest BCUT2D eigenvalue weighted by Crippen LogP contribution is -2.17. The number of hydrogen-bond donors (Lipinski definition) is 2. The molecular formula is C6H6N3O+. The Morgan fingerprint density at radius 2 is 1.60 bits per heavy atom. The fraction of sp³-hybridized carbons (Fsp3) is 0. The smallest absolute Gasteiger partial charge is 0.0879 e. The number of rotatable bonds is 0. The lowest BCUT2D eigenvalue weighted by atomic mass is 10.3. The lowest BCUT2D eigenvalue weighted by Gasteiger charge is -1.76. The molecule has 10 heavy (non-hydrogen) atoms. The Balaban J connectivity index is 3.01. The van der Waals surface area contributed by atoms with Crippen LogP contribution in [0.1, 0.15) is 0 Å². The van der Waals surface area contributed by atoms with Gasteiger partial charge in [-0.1, -0.05) is 22.3 Å². The molecule has 2 aromatic rings. The van der Waals surface area contributed by atoms with Gasteiger partial charge in [-0.3, -0.25) is 0 Å². The summed E-state index contributed by atoms with van der Waals surface area (Å²) in [6.45, 7) is 0. The molecule has 2 rings (SSSR count). The fourth-order valence-electron chi connectivity index (χ4n) is 0.925. The van der Waals surface area contributed by atoms with E-state index in [2.05, 4.69) is 10.2 Å². The van der Waals surface area contributed by atoms with Crippen LogP contribution in [0.5, 0.6) is 0 Å². The van der Waals surface area contributed by atoms with Crippen molar-refractivity contribution >= 4 is 11.0 Å². The van der Waals surface area contributed by atoms with Gasteiger partial charge < -0.3 is 0 Å². The van der Waals surface area contributed by atoms with Crippen LogP contribution in [0, 0.1) is 4.91 Å². The number of nitrogens with zero attached hydrogens (tertiary/aromatic N) is 1. The number of benzene rings is 1. The summed E-state index contributed by atoms with van der Waals surface area (Å²) >= 11 is 0. The zero-order valence-corrected chi connectivity index (χ0v) is 5.16. The van der Waals surface area contributed by atoms with Crippen molar-refractivity contribution in [3.63, 3.8) is 0 Å². The molecule has 0 spiro atoms. The van der Waals surface area contributed by atoms with E-state index in [0.717, 1.165) is 11.0 Å². The summed E-state index contributed by atoms with van der Waals surface area (Å²) in [6.07, 6.45) is 0. The number of nitrogens with one attached hydrogen (secondary N) is 2. The van der Waals surface area contributed by atoms with Crippen LogP contribution in [-0.2, 0) is 0 Å². The van der Waals surface area contributed by atoms with E-state index >= 15 is 0 Å². The van der Waals surface area contributed by atoms with E-state index in [9.17, 15) is 4.91 Å². The largest absolute Gasteiger partial charge is 0.255 e. The second-order valence-electron chi connectivity index (χ2n) is 2.06. The first kappa shape index (κ1) is 5.22. The molecule has 0 unspecified atom stereocenters. The molecule has 50 valence electrons. The number of H-pyrrole nitrogens is 2. The van der Waals surface area contributed by atoms with Gasteiger partial charge >= 0.3 is 0 Å². The van der Waals surface area contributed by atoms with Crippen molar-refractivity contribution in [2.24, 2.45) is 0 Å². The van der Waals surface area contributed by atoms with E-state index in [1.807, 2.05) is 24.3 Å². The highest BCUT2D eigenvalue weighted by Gasteiger charge is 1.99. The second-order valence-corrected chi connectivity index (χ2v) is 2.06. The quantitative estimate of drug-likeness (QED) is 0.506. The molecule has 0 aliphatic heterocycles. The summed E-state index contributed by atoms with van der Waals surface area (Å²) in [5.41, 5.74) is 1.63. The number of para-hydroxylation sites is 2. The molecule has 1 aromatic carbocycles. The predicted octanol–water partition coefficient (Wildman–Crippen LogP) is 0.410. The van der Waals surface area contributed by atoms with Crippen molar-refractivity contribution in [2.75, 3.05) is 0 Å². The summed E-state index contributed by atoms with van der Waals surface area (Å²) in [4.78, 5) is 10.6. The molecule has 0 amide bonds. The van der Waals surface area contributed by atoms with E-state index in [1.165, 1.54) is 0 Å². The number of hydrogen-bond acceptors (Lipinski definition) is 1. The maximum atomic E-state index is 10.6. The van der Waals surface area contributed by atoms with Gasteiger partial charge in [-0.2, -0.15) is 0 Å². The maximum Gasteiger partial charge on any atom is 0.255 e. The van der Waals surface area contributed by atoms with Gasteiger partial charge in [-0.15, -0.1) is 0 Å². The van der Waals surface area contributed by atoms with Crippen LogP contribution in [0.2, 0.25) is 0 Å². The Labute approximate surface area is 56.1 Å². The third-order valence-electron chi connectivity index (χ3n) is 1.37. The molecule has 2 N–H and O–H groups in total. The average Bonchev–Trinajstić information content (AvgIpc) is 2.27. The van der Waals surface area contributed by atoms with E-state index in [-0.39, 0.29) is 0 Å². The first-order valence-corrected chi connectivity index (χ1v) is 2.96. The molecule has 1 heterocycles. The molecule has 0 bridgehead atoms. The topological polar surface area (TPSA) is 54.6 Å². The van der Waals surface area contributed by atoms with E-state index < -0.39 is 0 Å². The highest BCUT2D eigenvalue weighted by Crippen LogP contribution is 2.02. The van der Waals surface area contributed by atoms with Gasteiger partial charge in [0.05, 0.1) is 4.91 Å². The summed E-state index contributed by atoms with van der Waals surface area (Å²) < 4.78 is 0.574. The molecule has 0 fully saturated rings. The molecular weight excluding hydrogens is 130 g/mol. The zero-order valence-electron chi connectivity index (χ0n) is 5.16. The van der Waals surface area contributed by atoms with Crippen molar-refractivity contribution in [3.05, 3.63) is 29.2 Å². The SMILES string of the molecule is O=[n+]1[nH]c2ccccc2[nH]1. The average molecular weight is 136 g/mol. The van der Waals surface area contributed by atoms with E-state index in [4.69, 9.17) is 0 Å². The zero-order chi connectivity index (χ0) is 6.97. The van der Waals surface area contributed by atoms with Crippen molar-refractivity contribution in [1.29, 1.82) is 0 Å². The normalized spacial score (nSPS) is 10.4. The Morgan fingerprint density at radius 1 is 1.10 bits per heavy atom. The Kier molecular flexibility index (Phi) is 0.887. The lowest BCUT2D eigenvalue weighted by molar-refractivity contribution is -0.619. The van der Waals surface area contributed by atoms with Crippen LogP contribution in [0.4, 0.5) is 0 Å². The van der Waals surface area contributed by atoms with E-state index in [0.29, 0.717) is 4.66 Å². The van der Waals surface area contributed by atoms with Crippen LogP contribution >= 0.6 is 0 Å². The predicted molar refractivity (Wildman–Crippen MR) is 36.0 cm³/mol. The second kappa shape index (κ2) is 1.70. The molecule has 4 nitrogen and oxygen atoms in total. The Bertz CT molecular complexity index is 364. The van der Waals surface area contributed by atoms with Crippen molar-refractivity contribution in [1.82, 2.24) is 10.2 Å². The summed E-state index contributed by atoms with van der Waals surface area (Å²) in [5.74, 6) is 0. The van der Waals surface area contributed by atoms with Crippen LogP contribution in [0.15, 0.2) is 24.3 Å². The molecule has 4 heteroatoms. The minimum Gasteiger partial charge on any atom is -0.0879 e. The standard InChI is InChI=1S/C6H6N3O/c10-9-7-5-3-1-2-4-6(5)8-9/h1-4H,(H2,7,8,10)/q+1. The van der Waals surface area contributed by atoms with Gasteiger partial charge in [0.2, 0.25) is 0 Å². The van der Waals surface area contributed by atoms with Crippen LogP contribution in [0.25, 0.3) is 11.0 Å². The van der Waals surface area contributed by atoms with Crippen molar-refractivity contribution in [3.8, 4) is 0 Å². The minimum absolute atomic E-state index is 0.574. The Morgan fingerprint density at radius 3 is 2.10 bits per heavy atom.